The molecule has 1 aliphatic carbocycles. The van der Waals surface area contributed by atoms with Crippen LogP contribution in [0.15, 0.2) is 41.5 Å². The van der Waals surface area contributed by atoms with Gasteiger partial charge in [-0.15, -0.1) is 0 Å². The molecule has 1 amide bonds. The van der Waals surface area contributed by atoms with E-state index in [1.54, 1.807) is 14.1 Å². The Morgan fingerprint density at radius 2 is 2.10 bits per heavy atom. The Balaban J connectivity index is 1.71. The molecule has 1 unspecified atom stereocenters. The van der Waals surface area contributed by atoms with Gasteiger partial charge in [0.05, 0.1) is 18.1 Å². The SMILES string of the molecule is CN(C)C(=O)C[C@@]1(O)CCC[C@H](/C=C/C(O)CCCCc2ccc(N=[N+]=[N-])cc2)C1. The largest absolute Gasteiger partial charge is 0.389 e. The lowest BCUT2D eigenvalue weighted by molar-refractivity contribution is -0.135. The summed E-state index contributed by atoms with van der Waals surface area (Å²) in [5.41, 5.74) is 9.29. The van der Waals surface area contributed by atoms with Crippen LogP contribution in [0.1, 0.15) is 56.9 Å². The quantitative estimate of drug-likeness (QED) is 0.191. The highest BCUT2D eigenvalue weighted by atomic mass is 16.3. The summed E-state index contributed by atoms with van der Waals surface area (Å²) in [5, 5.41) is 24.6. The second-order valence-corrected chi connectivity index (χ2v) is 8.60. The first kappa shape index (κ1) is 23.9. The van der Waals surface area contributed by atoms with Crippen LogP contribution in [0.2, 0.25) is 0 Å². The smallest absolute Gasteiger partial charge is 0.224 e. The predicted molar refractivity (Wildman–Crippen MR) is 118 cm³/mol. The summed E-state index contributed by atoms with van der Waals surface area (Å²) in [6, 6.07) is 7.55. The van der Waals surface area contributed by atoms with E-state index < -0.39 is 11.7 Å². The maximum absolute atomic E-state index is 12.0. The van der Waals surface area contributed by atoms with Crippen LogP contribution in [0.5, 0.6) is 0 Å². The van der Waals surface area contributed by atoms with E-state index in [0.29, 0.717) is 24.9 Å². The first-order valence-corrected chi connectivity index (χ1v) is 10.7. The van der Waals surface area contributed by atoms with Crippen molar-refractivity contribution >= 4 is 11.6 Å². The number of allylic oxidation sites excluding steroid dienone is 1. The molecule has 1 aromatic carbocycles. The Bertz CT molecular complexity index is 756. The maximum Gasteiger partial charge on any atom is 0.224 e. The second kappa shape index (κ2) is 11.7. The number of aliphatic hydroxyl groups excluding tert-OH is 1. The number of aliphatic hydroxyl groups is 2. The van der Waals surface area contributed by atoms with Crippen LogP contribution >= 0.6 is 0 Å². The van der Waals surface area contributed by atoms with Gasteiger partial charge < -0.3 is 15.1 Å². The minimum Gasteiger partial charge on any atom is -0.389 e. The van der Waals surface area contributed by atoms with Crippen LogP contribution < -0.4 is 0 Å². The van der Waals surface area contributed by atoms with Crippen molar-refractivity contribution in [3.63, 3.8) is 0 Å². The molecule has 0 spiro atoms. The summed E-state index contributed by atoms with van der Waals surface area (Å²) >= 11 is 0. The predicted octanol–water partition coefficient (Wildman–Crippen LogP) is 4.66. The number of hydrogen-bond acceptors (Lipinski definition) is 4. The molecular weight excluding hydrogens is 380 g/mol. The molecular formula is C23H34N4O3. The van der Waals surface area contributed by atoms with Crippen LogP contribution in [-0.4, -0.2) is 46.8 Å². The van der Waals surface area contributed by atoms with Crippen molar-refractivity contribution in [2.45, 2.75) is 69.5 Å². The van der Waals surface area contributed by atoms with Crippen molar-refractivity contribution < 1.29 is 15.0 Å². The van der Waals surface area contributed by atoms with Crippen molar-refractivity contribution in [2.75, 3.05) is 14.1 Å². The Kier molecular flexibility index (Phi) is 9.37. The van der Waals surface area contributed by atoms with E-state index in [0.717, 1.165) is 32.1 Å². The molecule has 7 heteroatoms. The molecule has 0 aromatic heterocycles. The van der Waals surface area contributed by atoms with Gasteiger partial charge in [-0.3, -0.25) is 4.79 Å². The molecule has 2 rings (SSSR count). The van der Waals surface area contributed by atoms with E-state index in [-0.39, 0.29) is 18.2 Å². The first-order valence-electron chi connectivity index (χ1n) is 10.7. The van der Waals surface area contributed by atoms with Crippen molar-refractivity contribution in [3.05, 3.63) is 52.4 Å². The molecule has 0 bridgehead atoms. The number of nitrogens with zero attached hydrogens (tertiary/aromatic N) is 4. The van der Waals surface area contributed by atoms with Crippen molar-refractivity contribution in [3.8, 4) is 0 Å². The third kappa shape index (κ3) is 8.19. The number of rotatable bonds is 10. The summed E-state index contributed by atoms with van der Waals surface area (Å²) in [4.78, 5) is 16.3. The van der Waals surface area contributed by atoms with Gasteiger partial charge in [-0.1, -0.05) is 48.0 Å². The molecule has 7 nitrogen and oxygen atoms in total. The van der Waals surface area contributed by atoms with Gasteiger partial charge in [0.15, 0.2) is 0 Å². The highest BCUT2D eigenvalue weighted by Gasteiger charge is 2.35. The molecule has 0 saturated heterocycles. The summed E-state index contributed by atoms with van der Waals surface area (Å²) < 4.78 is 0. The molecule has 30 heavy (non-hydrogen) atoms. The van der Waals surface area contributed by atoms with Crippen molar-refractivity contribution in [1.82, 2.24) is 4.90 Å². The molecule has 1 fully saturated rings. The fourth-order valence-electron chi connectivity index (χ4n) is 4.00. The van der Waals surface area contributed by atoms with Crippen LogP contribution in [0.25, 0.3) is 10.4 Å². The van der Waals surface area contributed by atoms with Crippen LogP contribution in [0, 0.1) is 5.92 Å². The molecule has 0 aliphatic heterocycles. The van der Waals surface area contributed by atoms with Gasteiger partial charge in [-0.2, -0.15) is 0 Å². The molecule has 0 heterocycles. The molecule has 1 aromatic rings. The minimum atomic E-state index is -0.937. The molecule has 164 valence electrons. The van der Waals surface area contributed by atoms with Crippen molar-refractivity contribution in [1.29, 1.82) is 0 Å². The Morgan fingerprint density at radius 3 is 2.77 bits per heavy atom. The van der Waals surface area contributed by atoms with E-state index in [2.05, 4.69) is 10.0 Å². The lowest BCUT2D eigenvalue weighted by Crippen LogP contribution is -2.40. The Labute approximate surface area is 179 Å². The molecule has 0 radical (unpaired) electrons. The standard InChI is InChI=1S/C23H34N4O3/c1-27(2)22(29)17-23(30)15-5-7-19(16-23)11-14-21(28)8-4-3-6-18-9-12-20(13-10-18)25-26-24/h9-14,19,21,28,30H,3-8,15-17H2,1-2H3/b14-11+/t19-,21?,23-/m1/s1. The number of aryl methyl sites for hydroxylation is 1. The summed E-state index contributed by atoms with van der Waals surface area (Å²) in [7, 11) is 3.42. The first-order chi connectivity index (χ1) is 14.3. The topological polar surface area (TPSA) is 110 Å². The lowest BCUT2D eigenvalue weighted by atomic mass is 9.76. The van der Waals surface area contributed by atoms with Crippen molar-refractivity contribution in [2.24, 2.45) is 11.0 Å². The van der Waals surface area contributed by atoms with E-state index in [1.165, 1.54) is 10.5 Å². The third-order valence-corrected chi connectivity index (χ3v) is 5.76. The second-order valence-electron chi connectivity index (χ2n) is 8.60. The summed E-state index contributed by atoms with van der Waals surface area (Å²) in [6.45, 7) is 0. The summed E-state index contributed by atoms with van der Waals surface area (Å²) in [6.07, 6.45) is 10.1. The van der Waals surface area contributed by atoms with Gasteiger partial charge in [0.1, 0.15) is 0 Å². The highest BCUT2D eigenvalue weighted by molar-refractivity contribution is 5.76. The van der Waals surface area contributed by atoms with E-state index in [4.69, 9.17) is 5.53 Å². The number of unbranched alkanes of at least 4 members (excludes halogenated alkanes) is 1. The molecule has 2 N–H and O–H groups in total. The number of carbonyl (C=O) groups is 1. The maximum atomic E-state index is 12.0. The monoisotopic (exact) mass is 414 g/mol. The zero-order valence-corrected chi connectivity index (χ0v) is 18.1. The highest BCUT2D eigenvalue weighted by Crippen LogP contribution is 2.36. The number of hydrogen-bond donors (Lipinski definition) is 2. The van der Waals surface area contributed by atoms with Crippen LogP contribution in [0.3, 0.4) is 0 Å². The lowest BCUT2D eigenvalue weighted by Gasteiger charge is -2.36. The average Bonchev–Trinajstić information content (AvgIpc) is 2.71. The number of benzene rings is 1. The van der Waals surface area contributed by atoms with Gasteiger partial charge >= 0.3 is 0 Å². The average molecular weight is 415 g/mol. The third-order valence-electron chi connectivity index (χ3n) is 5.76. The van der Waals surface area contributed by atoms with Gasteiger partial charge in [0.25, 0.3) is 0 Å². The van der Waals surface area contributed by atoms with Gasteiger partial charge in [-0.25, -0.2) is 0 Å². The molecule has 3 atom stereocenters. The van der Waals surface area contributed by atoms with Crippen LogP contribution in [0.4, 0.5) is 5.69 Å². The number of carbonyl (C=O) groups excluding carboxylic acids is 1. The molecule has 1 saturated carbocycles. The number of amides is 1. The van der Waals surface area contributed by atoms with Gasteiger partial charge in [-0.05, 0) is 62.0 Å². The Hall–Kier alpha value is -2.34. The summed E-state index contributed by atoms with van der Waals surface area (Å²) in [5.74, 6) is 0.151. The van der Waals surface area contributed by atoms with E-state index in [1.807, 2.05) is 36.4 Å². The number of azide groups is 1. The van der Waals surface area contributed by atoms with Crippen LogP contribution in [-0.2, 0) is 11.2 Å². The van der Waals surface area contributed by atoms with Gasteiger partial charge in [0, 0.05) is 24.7 Å². The molecule has 1 aliphatic rings. The fourth-order valence-corrected chi connectivity index (χ4v) is 4.00. The minimum absolute atomic E-state index is 0.0467. The van der Waals surface area contributed by atoms with Gasteiger partial charge in [0.2, 0.25) is 5.91 Å². The zero-order chi connectivity index (χ0) is 22.0. The van der Waals surface area contributed by atoms with E-state index in [9.17, 15) is 15.0 Å². The Morgan fingerprint density at radius 1 is 1.37 bits per heavy atom. The normalized spacial score (nSPS) is 22.5. The van der Waals surface area contributed by atoms with E-state index >= 15 is 0 Å². The fraction of sp³-hybridized carbons (Fsp3) is 0.609. The zero-order valence-electron chi connectivity index (χ0n) is 18.1.